The molecule has 0 radical (unpaired) electrons. The lowest BCUT2D eigenvalue weighted by molar-refractivity contribution is -0.141. The third-order valence-corrected chi connectivity index (χ3v) is 2.53. The van der Waals surface area contributed by atoms with E-state index in [1.165, 1.54) is 0 Å². The smallest absolute Gasteiger partial charge is 0.433 e. The van der Waals surface area contributed by atoms with Crippen molar-refractivity contribution in [2.75, 3.05) is 19.7 Å². The molecule has 0 amide bonds. The van der Waals surface area contributed by atoms with E-state index in [2.05, 4.69) is 15.3 Å². The van der Waals surface area contributed by atoms with E-state index < -0.39 is 11.9 Å². The summed E-state index contributed by atoms with van der Waals surface area (Å²) < 4.78 is 42.2. The lowest BCUT2D eigenvalue weighted by Crippen LogP contribution is -2.17. The first-order chi connectivity index (χ1) is 8.05. The summed E-state index contributed by atoms with van der Waals surface area (Å²) in [5.74, 6) is 0.313. The monoisotopic (exact) mass is 247 g/mol. The number of nitrogens with one attached hydrogen (secondary N) is 1. The van der Waals surface area contributed by atoms with Crippen molar-refractivity contribution in [1.82, 2.24) is 15.3 Å². The second-order valence-corrected chi connectivity index (χ2v) is 3.89. The van der Waals surface area contributed by atoms with E-state index in [0.717, 1.165) is 31.8 Å². The molecule has 0 aliphatic carbocycles. The topological polar surface area (TPSA) is 47.0 Å². The molecule has 1 saturated heterocycles. The first kappa shape index (κ1) is 12.1. The molecule has 1 aliphatic heterocycles. The number of halogens is 3. The van der Waals surface area contributed by atoms with Gasteiger partial charge in [-0.2, -0.15) is 18.2 Å². The first-order valence-electron chi connectivity index (χ1n) is 5.29. The Morgan fingerprint density at radius 3 is 2.94 bits per heavy atom. The fraction of sp³-hybridized carbons (Fsp3) is 0.600. The molecule has 2 heterocycles. The molecule has 0 saturated carbocycles. The predicted molar refractivity (Wildman–Crippen MR) is 53.5 cm³/mol. The van der Waals surface area contributed by atoms with Crippen LogP contribution in [0.1, 0.15) is 12.1 Å². The molecule has 0 spiro atoms. The van der Waals surface area contributed by atoms with Crippen LogP contribution in [0.25, 0.3) is 0 Å². The normalized spacial score (nSPS) is 20.5. The lowest BCUT2D eigenvalue weighted by Gasteiger charge is -2.10. The van der Waals surface area contributed by atoms with Crippen LogP contribution in [0.5, 0.6) is 6.01 Å². The predicted octanol–water partition coefficient (Wildman–Crippen LogP) is 1.48. The van der Waals surface area contributed by atoms with Crippen molar-refractivity contribution in [1.29, 1.82) is 0 Å². The minimum Gasteiger partial charge on any atom is -0.463 e. The van der Waals surface area contributed by atoms with Gasteiger partial charge in [0.05, 0.1) is 6.61 Å². The molecule has 1 fully saturated rings. The molecular weight excluding hydrogens is 235 g/mol. The van der Waals surface area contributed by atoms with Crippen molar-refractivity contribution in [2.45, 2.75) is 12.6 Å². The van der Waals surface area contributed by atoms with E-state index in [0.29, 0.717) is 12.5 Å². The van der Waals surface area contributed by atoms with Crippen LogP contribution >= 0.6 is 0 Å². The second-order valence-electron chi connectivity index (χ2n) is 3.89. The Balaban J connectivity index is 1.96. The summed E-state index contributed by atoms with van der Waals surface area (Å²) in [5, 5.41) is 3.14. The molecule has 1 N–H and O–H groups in total. The van der Waals surface area contributed by atoms with Gasteiger partial charge in [0.25, 0.3) is 0 Å². The van der Waals surface area contributed by atoms with Gasteiger partial charge in [0.1, 0.15) is 0 Å². The minimum atomic E-state index is -4.46. The highest BCUT2D eigenvalue weighted by Gasteiger charge is 2.33. The van der Waals surface area contributed by atoms with Crippen LogP contribution in [0.2, 0.25) is 0 Å². The Hall–Kier alpha value is -1.37. The summed E-state index contributed by atoms with van der Waals surface area (Å²) in [6.45, 7) is 2.07. The Labute approximate surface area is 96.2 Å². The molecule has 94 valence electrons. The van der Waals surface area contributed by atoms with Crippen molar-refractivity contribution in [3.8, 4) is 6.01 Å². The van der Waals surface area contributed by atoms with Crippen molar-refractivity contribution >= 4 is 0 Å². The highest BCUT2D eigenvalue weighted by Crippen LogP contribution is 2.27. The molecule has 1 aromatic heterocycles. The van der Waals surface area contributed by atoms with Gasteiger partial charge in [-0.05, 0) is 19.0 Å². The Morgan fingerprint density at radius 2 is 2.29 bits per heavy atom. The molecule has 4 nitrogen and oxygen atoms in total. The van der Waals surface area contributed by atoms with Gasteiger partial charge in [0.15, 0.2) is 5.69 Å². The van der Waals surface area contributed by atoms with Crippen molar-refractivity contribution < 1.29 is 17.9 Å². The number of alkyl halides is 3. The van der Waals surface area contributed by atoms with Gasteiger partial charge in [-0.3, -0.25) is 0 Å². The standard InChI is InChI=1S/C10H12F3N3O/c11-10(12,13)8-2-4-15-9(16-8)17-6-7-1-3-14-5-7/h2,4,7,14H,1,3,5-6H2. The van der Waals surface area contributed by atoms with Gasteiger partial charge in [0, 0.05) is 18.7 Å². The van der Waals surface area contributed by atoms with Crippen molar-refractivity contribution in [3.63, 3.8) is 0 Å². The Kier molecular flexibility index (Phi) is 3.46. The molecule has 1 atom stereocenters. The summed E-state index contributed by atoms with van der Waals surface area (Å²) in [7, 11) is 0. The van der Waals surface area contributed by atoms with E-state index in [-0.39, 0.29) is 6.01 Å². The summed E-state index contributed by atoms with van der Waals surface area (Å²) in [6.07, 6.45) is -2.45. The number of hydrogen-bond acceptors (Lipinski definition) is 4. The van der Waals surface area contributed by atoms with E-state index in [1.807, 2.05) is 0 Å². The van der Waals surface area contributed by atoms with E-state index >= 15 is 0 Å². The van der Waals surface area contributed by atoms with Crippen molar-refractivity contribution in [3.05, 3.63) is 18.0 Å². The van der Waals surface area contributed by atoms with Crippen molar-refractivity contribution in [2.24, 2.45) is 5.92 Å². The van der Waals surface area contributed by atoms with E-state index in [1.54, 1.807) is 0 Å². The number of nitrogens with zero attached hydrogens (tertiary/aromatic N) is 2. The molecule has 0 bridgehead atoms. The Bertz CT molecular complexity index is 377. The fourth-order valence-electron chi connectivity index (χ4n) is 1.62. The van der Waals surface area contributed by atoms with Gasteiger partial charge in [-0.25, -0.2) is 4.98 Å². The maximum Gasteiger partial charge on any atom is 0.433 e. The lowest BCUT2D eigenvalue weighted by atomic mass is 10.1. The zero-order valence-electron chi connectivity index (χ0n) is 9.00. The zero-order valence-corrected chi connectivity index (χ0v) is 9.00. The average Bonchev–Trinajstić information content (AvgIpc) is 2.78. The van der Waals surface area contributed by atoms with Crippen LogP contribution in [-0.2, 0) is 6.18 Å². The molecule has 1 unspecified atom stereocenters. The maximum atomic E-state index is 12.4. The highest BCUT2D eigenvalue weighted by molar-refractivity contribution is 5.08. The van der Waals surface area contributed by atoms with Gasteiger partial charge in [0.2, 0.25) is 0 Å². The van der Waals surface area contributed by atoms with E-state index in [4.69, 9.17) is 4.74 Å². The van der Waals surface area contributed by atoms with E-state index in [9.17, 15) is 13.2 Å². The molecule has 2 rings (SSSR count). The highest BCUT2D eigenvalue weighted by atomic mass is 19.4. The number of aromatic nitrogens is 2. The summed E-state index contributed by atoms with van der Waals surface area (Å²) in [5.41, 5.74) is -0.980. The van der Waals surface area contributed by atoms with Crippen LogP contribution in [0.4, 0.5) is 13.2 Å². The van der Waals surface area contributed by atoms with Gasteiger partial charge in [-0.15, -0.1) is 0 Å². The Morgan fingerprint density at radius 1 is 1.47 bits per heavy atom. The molecule has 1 aromatic rings. The third-order valence-electron chi connectivity index (χ3n) is 2.53. The number of ether oxygens (including phenoxy) is 1. The van der Waals surface area contributed by atoms with Gasteiger partial charge >= 0.3 is 12.2 Å². The number of rotatable bonds is 3. The SMILES string of the molecule is FC(F)(F)c1ccnc(OCC2CCNC2)n1. The van der Waals surface area contributed by atoms with Gasteiger partial charge < -0.3 is 10.1 Å². The van der Waals surface area contributed by atoms with Gasteiger partial charge in [-0.1, -0.05) is 0 Å². The molecule has 7 heteroatoms. The second kappa shape index (κ2) is 4.87. The summed E-state index contributed by atoms with van der Waals surface area (Å²) in [4.78, 5) is 6.99. The molecule has 0 aromatic carbocycles. The summed E-state index contributed by atoms with van der Waals surface area (Å²) >= 11 is 0. The third kappa shape index (κ3) is 3.29. The van der Waals surface area contributed by atoms with Crippen LogP contribution in [0, 0.1) is 5.92 Å². The fourth-order valence-corrected chi connectivity index (χ4v) is 1.62. The van der Waals surface area contributed by atoms with Crippen LogP contribution in [-0.4, -0.2) is 29.7 Å². The first-order valence-corrected chi connectivity index (χ1v) is 5.29. The average molecular weight is 247 g/mol. The quantitative estimate of drug-likeness (QED) is 0.879. The van der Waals surface area contributed by atoms with Crippen LogP contribution in [0.3, 0.4) is 0 Å². The molecular formula is C10H12F3N3O. The summed E-state index contributed by atoms with van der Waals surface area (Å²) in [6, 6.07) is 0.607. The molecule has 1 aliphatic rings. The van der Waals surface area contributed by atoms with Crippen LogP contribution < -0.4 is 10.1 Å². The number of hydrogen-bond donors (Lipinski definition) is 1. The maximum absolute atomic E-state index is 12.4. The largest absolute Gasteiger partial charge is 0.463 e. The molecule has 17 heavy (non-hydrogen) atoms. The minimum absolute atomic E-state index is 0.216. The zero-order chi connectivity index (χ0) is 12.3. The van der Waals surface area contributed by atoms with Crippen LogP contribution in [0.15, 0.2) is 12.3 Å².